The van der Waals surface area contributed by atoms with E-state index in [-0.39, 0.29) is 10.8 Å². The van der Waals surface area contributed by atoms with Gasteiger partial charge in [0.15, 0.2) is 0 Å². The van der Waals surface area contributed by atoms with E-state index in [4.69, 9.17) is 0 Å². The van der Waals surface area contributed by atoms with Crippen LogP contribution < -0.4 is 9.62 Å². The van der Waals surface area contributed by atoms with E-state index >= 15 is 0 Å². The monoisotopic (exact) mass is 359 g/mol. The summed E-state index contributed by atoms with van der Waals surface area (Å²) in [7, 11) is -2.12. The Morgan fingerprint density at radius 2 is 1.52 bits per heavy atom. The lowest BCUT2D eigenvalue weighted by Crippen LogP contribution is -2.48. The van der Waals surface area contributed by atoms with Gasteiger partial charge in [-0.3, -0.25) is 4.79 Å². The molecule has 0 aliphatic carbocycles. The molecule has 1 heterocycles. The van der Waals surface area contributed by atoms with Crippen LogP contribution in [0.5, 0.6) is 0 Å². The van der Waals surface area contributed by atoms with Crippen LogP contribution in [0.2, 0.25) is 0 Å². The molecule has 2 aromatic rings. The molecule has 0 atom stereocenters. The van der Waals surface area contributed by atoms with Gasteiger partial charge < -0.3 is 9.80 Å². The zero-order valence-corrected chi connectivity index (χ0v) is 14.9. The van der Waals surface area contributed by atoms with E-state index in [9.17, 15) is 13.2 Å². The van der Waals surface area contributed by atoms with E-state index in [0.29, 0.717) is 18.7 Å². The van der Waals surface area contributed by atoms with Gasteiger partial charge in [-0.2, -0.15) is 0 Å². The molecule has 6 nitrogen and oxygen atoms in total. The maximum Gasteiger partial charge on any atom is 0.253 e. The van der Waals surface area contributed by atoms with Crippen molar-refractivity contribution in [3.05, 3.63) is 60.2 Å². The summed E-state index contributed by atoms with van der Waals surface area (Å²) in [6.45, 7) is 2.85. The summed E-state index contributed by atoms with van der Waals surface area (Å²) in [6.07, 6.45) is 0. The van der Waals surface area contributed by atoms with Crippen LogP contribution in [-0.2, 0) is 10.0 Å². The number of anilines is 1. The Balaban J connectivity index is 1.65. The summed E-state index contributed by atoms with van der Waals surface area (Å²) in [6, 6.07) is 16.2. The number of sulfonamides is 1. The molecule has 25 heavy (non-hydrogen) atoms. The van der Waals surface area contributed by atoms with Crippen LogP contribution in [-0.4, -0.2) is 52.5 Å². The van der Waals surface area contributed by atoms with Crippen molar-refractivity contribution in [3.63, 3.8) is 0 Å². The second-order valence-corrected chi connectivity index (χ2v) is 7.73. The third kappa shape index (κ3) is 3.83. The number of carbonyl (C=O) groups is 1. The molecule has 2 aromatic carbocycles. The first-order chi connectivity index (χ1) is 12.0. The summed E-state index contributed by atoms with van der Waals surface area (Å²) in [5.41, 5.74) is 1.67. The molecular weight excluding hydrogens is 338 g/mol. The number of piperazine rings is 1. The molecule has 1 aliphatic heterocycles. The molecule has 0 saturated carbocycles. The van der Waals surface area contributed by atoms with Crippen molar-refractivity contribution < 1.29 is 13.2 Å². The fourth-order valence-corrected chi connectivity index (χ4v) is 3.61. The van der Waals surface area contributed by atoms with Crippen LogP contribution in [0.1, 0.15) is 10.4 Å². The van der Waals surface area contributed by atoms with Crippen molar-refractivity contribution in [3.8, 4) is 0 Å². The van der Waals surface area contributed by atoms with Crippen molar-refractivity contribution >= 4 is 21.6 Å². The number of nitrogens with zero attached hydrogens (tertiary/aromatic N) is 2. The van der Waals surface area contributed by atoms with Crippen LogP contribution in [0.25, 0.3) is 0 Å². The van der Waals surface area contributed by atoms with Gasteiger partial charge in [0.2, 0.25) is 10.0 Å². The molecule has 132 valence electrons. The van der Waals surface area contributed by atoms with E-state index < -0.39 is 10.0 Å². The normalized spacial score (nSPS) is 15.2. The molecule has 1 N–H and O–H groups in total. The fraction of sp³-hybridized carbons (Fsp3) is 0.278. The van der Waals surface area contributed by atoms with E-state index in [0.717, 1.165) is 18.8 Å². The van der Waals surface area contributed by atoms with Crippen molar-refractivity contribution in [2.75, 3.05) is 38.1 Å². The van der Waals surface area contributed by atoms with Crippen LogP contribution in [0.15, 0.2) is 59.5 Å². The highest BCUT2D eigenvalue weighted by Crippen LogP contribution is 2.17. The Kier molecular flexibility index (Phi) is 5.06. The van der Waals surface area contributed by atoms with Crippen LogP contribution >= 0.6 is 0 Å². The van der Waals surface area contributed by atoms with Gasteiger partial charge in [0.25, 0.3) is 5.91 Å². The van der Waals surface area contributed by atoms with Gasteiger partial charge in [-0.1, -0.05) is 18.2 Å². The van der Waals surface area contributed by atoms with E-state index in [1.165, 1.54) is 19.2 Å². The number of amides is 1. The van der Waals surface area contributed by atoms with Crippen molar-refractivity contribution in [1.29, 1.82) is 0 Å². The zero-order chi connectivity index (χ0) is 17.9. The summed E-state index contributed by atoms with van der Waals surface area (Å²) >= 11 is 0. The quantitative estimate of drug-likeness (QED) is 0.899. The first-order valence-corrected chi connectivity index (χ1v) is 9.62. The Hall–Kier alpha value is -2.38. The minimum atomic E-state index is -3.49. The van der Waals surface area contributed by atoms with Gasteiger partial charge in [-0.05, 0) is 43.4 Å². The lowest BCUT2D eigenvalue weighted by molar-refractivity contribution is 0.0746. The molecule has 1 amide bonds. The Labute approximate surface area is 148 Å². The van der Waals surface area contributed by atoms with Gasteiger partial charge in [0.05, 0.1) is 4.90 Å². The van der Waals surface area contributed by atoms with Gasteiger partial charge in [-0.15, -0.1) is 0 Å². The SMILES string of the molecule is CNS(=O)(=O)c1ccc(C(=O)N2CCN(c3ccccc3)CC2)cc1. The molecule has 0 spiro atoms. The third-order valence-electron chi connectivity index (χ3n) is 4.37. The lowest BCUT2D eigenvalue weighted by atomic mass is 10.1. The maximum atomic E-state index is 12.6. The number of hydrogen-bond acceptors (Lipinski definition) is 4. The highest BCUT2D eigenvalue weighted by molar-refractivity contribution is 7.89. The summed E-state index contributed by atoms with van der Waals surface area (Å²) in [5, 5.41) is 0. The van der Waals surface area contributed by atoms with Gasteiger partial charge in [-0.25, -0.2) is 13.1 Å². The van der Waals surface area contributed by atoms with E-state index in [2.05, 4.69) is 21.8 Å². The number of benzene rings is 2. The van der Waals surface area contributed by atoms with Gasteiger partial charge >= 0.3 is 0 Å². The summed E-state index contributed by atoms with van der Waals surface area (Å²) in [4.78, 5) is 16.8. The molecule has 1 saturated heterocycles. The average Bonchev–Trinajstić information content (AvgIpc) is 2.68. The standard InChI is InChI=1S/C18H21N3O3S/c1-19-25(23,24)17-9-7-15(8-10-17)18(22)21-13-11-20(12-14-21)16-5-3-2-4-6-16/h2-10,19H,11-14H2,1H3. The second kappa shape index (κ2) is 7.25. The number of rotatable bonds is 4. The van der Waals surface area contributed by atoms with Gasteiger partial charge in [0, 0.05) is 37.4 Å². The minimum absolute atomic E-state index is 0.0684. The summed E-state index contributed by atoms with van der Waals surface area (Å²) in [5.74, 6) is -0.0684. The smallest absolute Gasteiger partial charge is 0.253 e. The Morgan fingerprint density at radius 3 is 2.08 bits per heavy atom. The average molecular weight is 359 g/mol. The van der Waals surface area contributed by atoms with E-state index in [1.54, 1.807) is 17.0 Å². The molecule has 1 aliphatic rings. The first kappa shape index (κ1) is 17.4. The second-order valence-electron chi connectivity index (χ2n) is 5.85. The van der Waals surface area contributed by atoms with Gasteiger partial charge in [0.1, 0.15) is 0 Å². The van der Waals surface area contributed by atoms with Crippen molar-refractivity contribution in [2.45, 2.75) is 4.90 Å². The molecule has 0 unspecified atom stereocenters. The fourth-order valence-electron chi connectivity index (χ4n) is 2.88. The number of carbonyl (C=O) groups excluding carboxylic acids is 1. The Bertz CT molecular complexity index is 828. The van der Waals surface area contributed by atoms with Crippen LogP contribution in [0, 0.1) is 0 Å². The third-order valence-corrected chi connectivity index (χ3v) is 5.80. The number of para-hydroxylation sites is 1. The Morgan fingerprint density at radius 1 is 0.920 bits per heavy atom. The van der Waals surface area contributed by atoms with E-state index in [1.807, 2.05) is 18.2 Å². The predicted octanol–water partition coefficient (Wildman–Crippen LogP) is 1.56. The molecule has 0 bridgehead atoms. The first-order valence-electron chi connectivity index (χ1n) is 8.14. The number of hydrogen-bond donors (Lipinski definition) is 1. The maximum absolute atomic E-state index is 12.6. The zero-order valence-electron chi connectivity index (χ0n) is 14.1. The molecule has 7 heteroatoms. The van der Waals surface area contributed by atoms with Crippen molar-refractivity contribution in [1.82, 2.24) is 9.62 Å². The minimum Gasteiger partial charge on any atom is -0.368 e. The molecule has 0 aromatic heterocycles. The van der Waals surface area contributed by atoms with Crippen molar-refractivity contribution in [2.24, 2.45) is 0 Å². The molecular formula is C18H21N3O3S. The lowest BCUT2D eigenvalue weighted by Gasteiger charge is -2.36. The molecule has 0 radical (unpaired) electrons. The molecule has 1 fully saturated rings. The highest BCUT2D eigenvalue weighted by Gasteiger charge is 2.22. The van der Waals surface area contributed by atoms with Crippen LogP contribution in [0.3, 0.4) is 0 Å². The number of nitrogens with one attached hydrogen (secondary N) is 1. The van der Waals surface area contributed by atoms with Crippen LogP contribution in [0.4, 0.5) is 5.69 Å². The highest BCUT2D eigenvalue weighted by atomic mass is 32.2. The topological polar surface area (TPSA) is 69.7 Å². The molecule has 3 rings (SSSR count). The predicted molar refractivity (Wildman–Crippen MR) is 97.2 cm³/mol. The summed E-state index contributed by atoms with van der Waals surface area (Å²) < 4.78 is 25.7. The largest absolute Gasteiger partial charge is 0.368 e.